The average molecular weight is 310 g/mol. The van der Waals surface area contributed by atoms with Gasteiger partial charge >= 0.3 is 0 Å². The summed E-state index contributed by atoms with van der Waals surface area (Å²) >= 11 is 1.68. The fourth-order valence-corrected chi connectivity index (χ4v) is 3.11. The normalized spacial score (nSPS) is 15.6. The number of piperidine rings is 1. The van der Waals surface area contributed by atoms with E-state index in [0.29, 0.717) is 0 Å². The fraction of sp³-hybridized carbons (Fsp3) is 0.400. The van der Waals surface area contributed by atoms with Crippen molar-refractivity contribution >= 4 is 29.4 Å². The zero-order valence-electron chi connectivity index (χ0n) is 11.3. The summed E-state index contributed by atoms with van der Waals surface area (Å²) in [5.41, 5.74) is 2.40. The van der Waals surface area contributed by atoms with Crippen LogP contribution in [0.25, 0.3) is 10.6 Å². The lowest BCUT2D eigenvalue weighted by Crippen LogP contribution is -2.31. The van der Waals surface area contributed by atoms with Crippen molar-refractivity contribution in [3.63, 3.8) is 0 Å². The molecule has 3 rings (SSSR count). The molecule has 0 unspecified atom stereocenters. The Morgan fingerprint density at radius 1 is 1.30 bits per heavy atom. The Morgan fingerprint density at radius 3 is 2.90 bits per heavy atom. The van der Waals surface area contributed by atoms with Crippen molar-refractivity contribution < 1.29 is 0 Å². The quantitative estimate of drug-likeness (QED) is 0.905. The first kappa shape index (κ1) is 15.3. The summed E-state index contributed by atoms with van der Waals surface area (Å²) in [6, 6.07) is 8.55. The molecule has 0 radical (unpaired) electrons. The molecule has 5 heteroatoms. The number of halogens is 1. The van der Waals surface area contributed by atoms with E-state index in [0.717, 1.165) is 30.6 Å². The molecule has 1 fully saturated rings. The molecule has 2 heterocycles. The van der Waals surface area contributed by atoms with E-state index in [2.05, 4.69) is 39.9 Å². The Bertz CT molecular complexity index is 510. The molecule has 0 saturated carbocycles. The van der Waals surface area contributed by atoms with Gasteiger partial charge in [-0.25, -0.2) is 4.98 Å². The van der Waals surface area contributed by atoms with Crippen LogP contribution in [-0.2, 0) is 0 Å². The van der Waals surface area contributed by atoms with Crippen LogP contribution in [0.4, 0.5) is 5.69 Å². The van der Waals surface area contributed by atoms with Gasteiger partial charge in [-0.1, -0.05) is 12.1 Å². The van der Waals surface area contributed by atoms with Crippen LogP contribution in [0.1, 0.15) is 12.8 Å². The van der Waals surface area contributed by atoms with Gasteiger partial charge in [-0.05, 0) is 44.0 Å². The predicted molar refractivity (Wildman–Crippen MR) is 88.9 cm³/mol. The van der Waals surface area contributed by atoms with E-state index in [9.17, 15) is 0 Å². The van der Waals surface area contributed by atoms with E-state index in [1.165, 1.54) is 24.1 Å². The maximum Gasteiger partial charge on any atom is 0.123 e. The highest BCUT2D eigenvalue weighted by Crippen LogP contribution is 2.24. The minimum Gasteiger partial charge on any atom is -0.385 e. The smallest absolute Gasteiger partial charge is 0.123 e. The highest BCUT2D eigenvalue weighted by atomic mass is 35.5. The van der Waals surface area contributed by atoms with Gasteiger partial charge in [0.25, 0.3) is 0 Å². The Morgan fingerprint density at radius 2 is 2.15 bits per heavy atom. The summed E-state index contributed by atoms with van der Waals surface area (Å²) in [5, 5.41) is 10.1. The van der Waals surface area contributed by atoms with Crippen molar-refractivity contribution in [1.82, 2.24) is 10.3 Å². The molecular weight excluding hydrogens is 290 g/mol. The molecule has 0 bridgehead atoms. The first-order valence-corrected chi connectivity index (χ1v) is 7.74. The molecule has 1 aliphatic rings. The molecule has 0 aliphatic carbocycles. The maximum atomic E-state index is 4.36. The van der Waals surface area contributed by atoms with Crippen molar-refractivity contribution in [2.45, 2.75) is 12.8 Å². The van der Waals surface area contributed by atoms with Crippen LogP contribution in [0.15, 0.2) is 35.8 Å². The number of benzene rings is 1. The molecule has 2 N–H and O–H groups in total. The van der Waals surface area contributed by atoms with Gasteiger partial charge in [-0.3, -0.25) is 0 Å². The molecule has 0 atom stereocenters. The number of hydrogen-bond acceptors (Lipinski definition) is 4. The second kappa shape index (κ2) is 7.62. The monoisotopic (exact) mass is 309 g/mol. The Kier molecular flexibility index (Phi) is 5.83. The number of rotatable bonds is 4. The molecule has 2 aromatic rings. The zero-order chi connectivity index (χ0) is 12.9. The maximum absolute atomic E-state index is 4.36. The predicted octanol–water partition coefficient (Wildman–Crippen LogP) is 3.64. The molecule has 108 valence electrons. The third-order valence-electron chi connectivity index (χ3n) is 3.60. The molecule has 1 saturated heterocycles. The van der Waals surface area contributed by atoms with Crippen LogP contribution in [-0.4, -0.2) is 24.6 Å². The van der Waals surface area contributed by atoms with Crippen molar-refractivity contribution in [3.8, 4) is 10.6 Å². The number of aromatic nitrogens is 1. The van der Waals surface area contributed by atoms with Crippen LogP contribution >= 0.6 is 23.7 Å². The average Bonchev–Trinajstić information content (AvgIpc) is 3.01. The molecule has 20 heavy (non-hydrogen) atoms. The van der Waals surface area contributed by atoms with E-state index < -0.39 is 0 Å². The molecule has 0 amide bonds. The van der Waals surface area contributed by atoms with Gasteiger partial charge < -0.3 is 10.6 Å². The topological polar surface area (TPSA) is 37.0 Å². The van der Waals surface area contributed by atoms with Crippen molar-refractivity contribution in [1.29, 1.82) is 0 Å². The molecular formula is C15H20ClN3S. The summed E-state index contributed by atoms with van der Waals surface area (Å²) in [5.74, 6) is 0.796. The third-order valence-corrected chi connectivity index (χ3v) is 4.42. The second-order valence-corrected chi connectivity index (χ2v) is 5.89. The number of nitrogens with one attached hydrogen (secondary N) is 2. The molecule has 0 spiro atoms. The lowest BCUT2D eigenvalue weighted by molar-refractivity contribution is 0.390. The van der Waals surface area contributed by atoms with E-state index in [4.69, 9.17) is 0 Å². The van der Waals surface area contributed by atoms with Crippen LogP contribution < -0.4 is 10.6 Å². The molecule has 1 aliphatic heterocycles. The minimum absolute atomic E-state index is 0. The van der Waals surface area contributed by atoms with E-state index >= 15 is 0 Å². The fourth-order valence-electron chi connectivity index (χ4n) is 2.48. The lowest BCUT2D eigenvalue weighted by Gasteiger charge is -2.23. The SMILES string of the molecule is Cl.c1cc(NCC2CCNCC2)cc(-c2nccs2)c1. The molecule has 1 aromatic carbocycles. The largest absolute Gasteiger partial charge is 0.385 e. The van der Waals surface area contributed by atoms with Crippen LogP contribution in [0, 0.1) is 5.92 Å². The standard InChI is InChI=1S/C15H19N3S.ClH/c1-2-13(15-17-8-9-19-15)10-14(3-1)18-11-12-4-6-16-7-5-12;/h1-3,8-10,12,16,18H,4-7,11H2;1H. The highest BCUT2D eigenvalue weighted by molar-refractivity contribution is 7.13. The molecule has 1 aromatic heterocycles. The van der Waals surface area contributed by atoms with Crippen LogP contribution in [0.3, 0.4) is 0 Å². The zero-order valence-corrected chi connectivity index (χ0v) is 13.0. The van der Waals surface area contributed by atoms with Crippen LogP contribution in [0.5, 0.6) is 0 Å². The summed E-state index contributed by atoms with van der Waals surface area (Å²) in [7, 11) is 0. The minimum atomic E-state index is 0. The van der Waals surface area contributed by atoms with E-state index in [1.54, 1.807) is 11.3 Å². The Labute approximate surface area is 130 Å². The number of thiazole rings is 1. The Balaban J connectivity index is 0.00000147. The van der Waals surface area contributed by atoms with Gasteiger partial charge in [0.05, 0.1) is 0 Å². The van der Waals surface area contributed by atoms with Crippen molar-refractivity contribution in [2.24, 2.45) is 5.92 Å². The van der Waals surface area contributed by atoms with Gasteiger partial charge in [-0.15, -0.1) is 23.7 Å². The summed E-state index contributed by atoms with van der Waals surface area (Å²) in [6.07, 6.45) is 4.41. The first-order valence-electron chi connectivity index (χ1n) is 6.86. The van der Waals surface area contributed by atoms with Gasteiger partial charge in [0, 0.05) is 29.4 Å². The Hall–Kier alpha value is -1.10. The van der Waals surface area contributed by atoms with Gasteiger partial charge in [-0.2, -0.15) is 0 Å². The second-order valence-electron chi connectivity index (χ2n) is 4.99. The number of nitrogens with zero attached hydrogens (tertiary/aromatic N) is 1. The van der Waals surface area contributed by atoms with Crippen molar-refractivity contribution in [3.05, 3.63) is 35.8 Å². The van der Waals surface area contributed by atoms with Crippen LogP contribution in [0.2, 0.25) is 0 Å². The van der Waals surface area contributed by atoms with Gasteiger partial charge in [0.15, 0.2) is 0 Å². The summed E-state index contributed by atoms with van der Waals surface area (Å²) in [6.45, 7) is 3.39. The number of anilines is 1. The summed E-state index contributed by atoms with van der Waals surface area (Å²) < 4.78 is 0. The highest BCUT2D eigenvalue weighted by Gasteiger charge is 2.12. The van der Waals surface area contributed by atoms with Gasteiger partial charge in [0.2, 0.25) is 0 Å². The lowest BCUT2D eigenvalue weighted by atomic mass is 9.98. The molecule has 3 nitrogen and oxygen atoms in total. The summed E-state index contributed by atoms with van der Waals surface area (Å²) in [4.78, 5) is 4.36. The van der Waals surface area contributed by atoms with E-state index in [-0.39, 0.29) is 12.4 Å². The first-order chi connectivity index (χ1) is 9.42. The van der Waals surface area contributed by atoms with Crippen molar-refractivity contribution in [2.75, 3.05) is 25.0 Å². The van der Waals surface area contributed by atoms with Gasteiger partial charge in [0.1, 0.15) is 5.01 Å². The third kappa shape index (κ3) is 3.95. The number of hydrogen-bond donors (Lipinski definition) is 2. The van der Waals surface area contributed by atoms with E-state index in [1.807, 2.05) is 11.6 Å².